The molecule has 4 aromatic rings. The highest BCUT2D eigenvalue weighted by atomic mass is 19.1. The number of aliphatic hydroxyl groups is 1. The Morgan fingerprint density at radius 1 is 1.25 bits per heavy atom. The summed E-state index contributed by atoms with van der Waals surface area (Å²) in [7, 11) is 0. The minimum atomic E-state index is -0.366. The van der Waals surface area contributed by atoms with E-state index in [1.165, 1.54) is 24.3 Å². The molecule has 0 aliphatic heterocycles. The van der Waals surface area contributed by atoms with Gasteiger partial charge in [-0.05, 0) is 42.3 Å². The van der Waals surface area contributed by atoms with Crippen LogP contribution in [-0.2, 0) is 6.61 Å². The van der Waals surface area contributed by atoms with Gasteiger partial charge in [0.2, 0.25) is 0 Å². The second-order valence-corrected chi connectivity index (χ2v) is 6.44. The topological polar surface area (TPSA) is 95.3 Å². The highest BCUT2D eigenvalue weighted by molar-refractivity contribution is 5.60. The molecule has 1 aromatic carbocycles. The third-order valence-electron chi connectivity index (χ3n) is 4.52. The number of pyridine rings is 1. The molecule has 0 fully saturated rings. The van der Waals surface area contributed by atoms with Crippen LogP contribution in [0.5, 0.6) is 0 Å². The molecule has 3 aromatic heterocycles. The number of hydrogen-bond acceptors (Lipinski definition) is 5. The standard InChI is InChI=1S/C20H18FN5O2/c1-12(16-8-14(21)3-2-13(16)11-27)24-19-4-5-20-23-10-18(26(20)25-19)17-9-15(28)6-7-22-17/h2-10,12,27H,11H2,1H3,(H,22,28)(H,24,25)/t12-/m1/s1. The SMILES string of the molecule is C[C@@H](Nc1ccc2ncc(-c3cc(=O)cc[nH]3)n2n1)c1cc(F)ccc1CO. The van der Waals surface area contributed by atoms with Crippen molar-refractivity contribution in [2.75, 3.05) is 5.32 Å². The first-order valence-corrected chi connectivity index (χ1v) is 8.75. The van der Waals surface area contributed by atoms with Crippen molar-refractivity contribution in [2.24, 2.45) is 0 Å². The van der Waals surface area contributed by atoms with Crippen molar-refractivity contribution in [1.29, 1.82) is 0 Å². The summed E-state index contributed by atoms with van der Waals surface area (Å²) in [5.74, 6) is 0.180. The maximum Gasteiger partial charge on any atom is 0.182 e. The van der Waals surface area contributed by atoms with Crippen molar-refractivity contribution < 1.29 is 9.50 Å². The molecule has 0 radical (unpaired) electrons. The molecule has 1 atom stereocenters. The van der Waals surface area contributed by atoms with Crippen LogP contribution < -0.4 is 10.7 Å². The smallest absolute Gasteiger partial charge is 0.182 e. The van der Waals surface area contributed by atoms with Crippen LogP contribution in [0.1, 0.15) is 24.1 Å². The average molecular weight is 379 g/mol. The third-order valence-corrected chi connectivity index (χ3v) is 4.52. The van der Waals surface area contributed by atoms with Gasteiger partial charge in [-0.2, -0.15) is 0 Å². The molecule has 3 heterocycles. The zero-order valence-corrected chi connectivity index (χ0v) is 15.1. The highest BCUT2D eigenvalue weighted by Gasteiger charge is 2.14. The van der Waals surface area contributed by atoms with Crippen LogP contribution in [0.4, 0.5) is 10.2 Å². The first-order chi connectivity index (χ1) is 13.5. The molecular weight excluding hydrogens is 361 g/mol. The number of nitrogens with one attached hydrogen (secondary N) is 2. The molecule has 28 heavy (non-hydrogen) atoms. The Morgan fingerprint density at radius 2 is 2.11 bits per heavy atom. The van der Waals surface area contributed by atoms with Crippen molar-refractivity contribution >= 4 is 11.5 Å². The van der Waals surface area contributed by atoms with Crippen LogP contribution in [0.25, 0.3) is 17.0 Å². The number of hydrogen-bond donors (Lipinski definition) is 3. The van der Waals surface area contributed by atoms with Crippen molar-refractivity contribution in [3.63, 3.8) is 0 Å². The fraction of sp³-hybridized carbons (Fsp3) is 0.150. The zero-order chi connectivity index (χ0) is 19.7. The fourth-order valence-corrected chi connectivity index (χ4v) is 3.14. The summed E-state index contributed by atoms with van der Waals surface area (Å²) in [5.41, 5.74) is 3.06. The van der Waals surface area contributed by atoms with E-state index in [9.17, 15) is 14.3 Å². The lowest BCUT2D eigenvalue weighted by molar-refractivity contribution is 0.280. The summed E-state index contributed by atoms with van der Waals surface area (Å²) in [6.45, 7) is 1.68. The summed E-state index contributed by atoms with van der Waals surface area (Å²) in [4.78, 5) is 19.0. The summed E-state index contributed by atoms with van der Waals surface area (Å²) >= 11 is 0. The van der Waals surface area contributed by atoms with Crippen LogP contribution in [0.3, 0.4) is 0 Å². The Hall–Kier alpha value is -3.52. The number of fused-ring (bicyclic) bond motifs is 1. The number of halogens is 1. The highest BCUT2D eigenvalue weighted by Crippen LogP contribution is 2.24. The number of aliphatic hydroxyl groups excluding tert-OH is 1. The predicted octanol–water partition coefficient (Wildman–Crippen LogP) is 2.89. The molecule has 0 aliphatic carbocycles. The molecular formula is C20H18FN5O2. The molecule has 0 saturated carbocycles. The van der Waals surface area contributed by atoms with E-state index in [0.717, 1.165) is 0 Å². The number of H-pyrrole nitrogens is 1. The molecule has 8 heteroatoms. The van der Waals surface area contributed by atoms with E-state index in [0.29, 0.717) is 34.0 Å². The fourth-order valence-electron chi connectivity index (χ4n) is 3.14. The van der Waals surface area contributed by atoms with Crippen LogP contribution in [0, 0.1) is 5.82 Å². The number of imidazole rings is 1. The lowest BCUT2D eigenvalue weighted by Gasteiger charge is -2.18. The van der Waals surface area contributed by atoms with Crippen LogP contribution in [-0.4, -0.2) is 24.7 Å². The molecule has 7 nitrogen and oxygen atoms in total. The van der Waals surface area contributed by atoms with Crippen molar-refractivity contribution in [3.8, 4) is 11.4 Å². The van der Waals surface area contributed by atoms with Gasteiger partial charge in [0.15, 0.2) is 11.1 Å². The summed E-state index contributed by atoms with van der Waals surface area (Å²) in [6.07, 6.45) is 3.21. The van der Waals surface area contributed by atoms with E-state index in [1.807, 2.05) is 6.92 Å². The van der Waals surface area contributed by atoms with Crippen LogP contribution >= 0.6 is 0 Å². The lowest BCUT2D eigenvalue weighted by Crippen LogP contribution is -2.12. The quantitative estimate of drug-likeness (QED) is 0.496. The number of rotatable bonds is 5. The Balaban J connectivity index is 1.69. The molecule has 0 saturated heterocycles. The molecule has 0 unspecified atom stereocenters. The second kappa shape index (κ2) is 7.24. The summed E-state index contributed by atoms with van der Waals surface area (Å²) in [6, 6.07) is 10.5. The van der Waals surface area contributed by atoms with Gasteiger partial charge in [-0.3, -0.25) is 4.79 Å². The van der Waals surface area contributed by atoms with Crippen molar-refractivity contribution in [3.05, 3.63) is 82.0 Å². The Bertz CT molecular complexity index is 1200. The Labute approximate surface area is 159 Å². The van der Waals surface area contributed by atoms with Gasteiger partial charge in [-0.25, -0.2) is 13.9 Å². The lowest BCUT2D eigenvalue weighted by atomic mass is 10.0. The van der Waals surface area contributed by atoms with Crippen LogP contribution in [0.2, 0.25) is 0 Å². The van der Waals surface area contributed by atoms with Crippen LogP contribution in [0.15, 0.2) is 59.7 Å². The van der Waals surface area contributed by atoms with Gasteiger partial charge in [-0.15, -0.1) is 5.10 Å². The first kappa shape index (κ1) is 17.9. The van der Waals surface area contributed by atoms with Gasteiger partial charge in [0, 0.05) is 18.3 Å². The maximum absolute atomic E-state index is 13.7. The van der Waals surface area contributed by atoms with Gasteiger partial charge < -0.3 is 15.4 Å². The molecule has 3 N–H and O–H groups in total. The van der Waals surface area contributed by atoms with Gasteiger partial charge in [0.05, 0.1) is 24.5 Å². The normalized spacial score (nSPS) is 12.2. The second-order valence-electron chi connectivity index (χ2n) is 6.44. The minimum Gasteiger partial charge on any atom is -0.392 e. The van der Waals surface area contributed by atoms with E-state index < -0.39 is 0 Å². The molecule has 0 bridgehead atoms. The number of benzene rings is 1. The van der Waals surface area contributed by atoms with E-state index >= 15 is 0 Å². The molecule has 0 aliphatic rings. The molecule has 0 spiro atoms. The first-order valence-electron chi connectivity index (χ1n) is 8.75. The Morgan fingerprint density at radius 3 is 2.89 bits per heavy atom. The number of anilines is 1. The summed E-state index contributed by atoms with van der Waals surface area (Å²) in [5, 5.41) is 17.3. The average Bonchev–Trinajstić information content (AvgIpc) is 3.11. The van der Waals surface area contributed by atoms with E-state index in [1.54, 1.807) is 35.1 Å². The van der Waals surface area contributed by atoms with Crippen molar-refractivity contribution in [2.45, 2.75) is 19.6 Å². The van der Waals surface area contributed by atoms with Gasteiger partial charge >= 0.3 is 0 Å². The third kappa shape index (κ3) is 3.37. The van der Waals surface area contributed by atoms with E-state index in [2.05, 4.69) is 20.4 Å². The largest absolute Gasteiger partial charge is 0.392 e. The number of nitrogens with zero attached hydrogens (tertiary/aromatic N) is 3. The molecule has 142 valence electrons. The van der Waals surface area contributed by atoms with Gasteiger partial charge in [0.1, 0.15) is 17.3 Å². The Kier molecular flexibility index (Phi) is 4.62. The summed E-state index contributed by atoms with van der Waals surface area (Å²) < 4.78 is 15.3. The predicted molar refractivity (Wildman–Crippen MR) is 103 cm³/mol. The number of aromatic amines is 1. The molecule has 0 amide bonds. The van der Waals surface area contributed by atoms with E-state index in [-0.39, 0.29) is 23.9 Å². The minimum absolute atomic E-state index is 0.116. The zero-order valence-electron chi connectivity index (χ0n) is 15.1. The van der Waals surface area contributed by atoms with Gasteiger partial charge in [0.25, 0.3) is 0 Å². The maximum atomic E-state index is 13.7. The van der Waals surface area contributed by atoms with Crippen molar-refractivity contribution in [1.82, 2.24) is 19.6 Å². The van der Waals surface area contributed by atoms with E-state index in [4.69, 9.17) is 0 Å². The monoisotopic (exact) mass is 379 g/mol. The van der Waals surface area contributed by atoms with Gasteiger partial charge in [-0.1, -0.05) is 6.07 Å². The molecule has 4 rings (SSSR count). The number of aromatic nitrogens is 4.